The Bertz CT molecular complexity index is 323. The Morgan fingerprint density at radius 3 is 2.69 bits per heavy atom. The summed E-state index contributed by atoms with van der Waals surface area (Å²) >= 11 is 0. The van der Waals surface area contributed by atoms with Gasteiger partial charge in [0, 0.05) is 12.6 Å². The second kappa shape index (κ2) is 6.64. The lowest BCUT2D eigenvalue weighted by Gasteiger charge is -2.17. The van der Waals surface area contributed by atoms with Gasteiger partial charge in [0.1, 0.15) is 5.82 Å². The van der Waals surface area contributed by atoms with Gasteiger partial charge in [-0.1, -0.05) is 26.3 Å². The SMILES string of the molecule is CCCC(CC)NCc1cc(F)ccc1C. The van der Waals surface area contributed by atoms with Crippen LogP contribution in [0.4, 0.5) is 4.39 Å². The highest BCUT2D eigenvalue weighted by Gasteiger charge is 2.06. The van der Waals surface area contributed by atoms with E-state index in [9.17, 15) is 4.39 Å². The van der Waals surface area contributed by atoms with E-state index < -0.39 is 0 Å². The zero-order valence-electron chi connectivity index (χ0n) is 10.5. The molecule has 0 aliphatic heterocycles. The van der Waals surface area contributed by atoms with Gasteiger partial charge in [-0.05, 0) is 43.0 Å². The molecule has 1 aromatic carbocycles. The van der Waals surface area contributed by atoms with Crippen molar-refractivity contribution >= 4 is 0 Å². The number of nitrogens with one attached hydrogen (secondary N) is 1. The normalized spacial score (nSPS) is 12.8. The molecule has 1 unspecified atom stereocenters. The standard InChI is InChI=1S/C14H22FN/c1-4-6-14(5-2)16-10-12-9-13(15)8-7-11(12)3/h7-9,14,16H,4-6,10H2,1-3H3. The van der Waals surface area contributed by atoms with Crippen LogP contribution in [0.5, 0.6) is 0 Å². The van der Waals surface area contributed by atoms with E-state index in [1.807, 2.05) is 13.0 Å². The van der Waals surface area contributed by atoms with Crippen molar-refractivity contribution in [2.24, 2.45) is 0 Å². The molecule has 2 heteroatoms. The summed E-state index contributed by atoms with van der Waals surface area (Å²) in [6.45, 7) is 7.17. The van der Waals surface area contributed by atoms with Gasteiger partial charge < -0.3 is 5.32 Å². The molecule has 0 aromatic heterocycles. The number of aryl methyl sites for hydroxylation is 1. The third kappa shape index (κ3) is 3.93. The van der Waals surface area contributed by atoms with Crippen molar-refractivity contribution in [3.05, 3.63) is 35.1 Å². The lowest BCUT2D eigenvalue weighted by atomic mass is 10.1. The quantitative estimate of drug-likeness (QED) is 0.773. The maximum Gasteiger partial charge on any atom is 0.123 e. The Kier molecular flexibility index (Phi) is 5.47. The van der Waals surface area contributed by atoms with Gasteiger partial charge >= 0.3 is 0 Å². The summed E-state index contributed by atoms with van der Waals surface area (Å²) in [6.07, 6.45) is 3.50. The van der Waals surface area contributed by atoms with E-state index >= 15 is 0 Å². The van der Waals surface area contributed by atoms with Crippen LogP contribution < -0.4 is 5.32 Å². The third-order valence-electron chi connectivity index (χ3n) is 3.02. The fraction of sp³-hybridized carbons (Fsp3) is 0.571. The van der Waals surface area contributed by atoms with Crippen LogP contribution >= 0.6 is 0 Å². The van der Waals surface area contributed by atoms with Crippen LogP contribution in [-0.4, -0.2) is 6.04 Å². The Morgan fingerprint density at radius 1 is 1.31 bits per heavy atom. The molecular weight excluding hydrogens is 201 g/mol. The second-order valence-electron chi connectivity index (χ2n) is 4.35. The van der Waals surface area contributed by atoms with Crippen LogP contribution in [0.15, 0.2) is 18.2 Å². The summed E-state index contributed by atoms with van der Waals surface area (Å²) < 4.78 is 13.1. The summed E-state index contributed by atoms with van der Waals surface area (Å²) in [5.41, 5.74) is 2.22. The van der Waals surface area contributed by atoms with Crippen LogP contribution in [0.2, 0.25) is 0 Å². The number of halogens is 1. The van der Waals surface area contributed by atoms with Gasteiger partial charge in [0.25, 0.3) is 0 Å². The highest BCUT2D eigenvalue weighted by molar-refractivity contribution is 5.26. The molecule has 1 N–H and O–H groups in total. The van der Waals surface area contributed by atoms with Crippen LogP contribution in [0, 0.1) is 12.7 Å². The Hall–Kier alpha value is -0.890. The highest BCUT2D eigenvalue weighted by atomic mass is 19.1. The number of rotatable bonds is 6. The van der Waals surface area contributed by atoms with Crippen LogP contribution in [0.25, 0.3) is 0 Å². The van der Waals surface area contributed by atoms with Crippen LogP contribution in [0.3, 0.4) is 0 Å². The first-order chi connectivity index (χ1) is 7.67. The minimum Gasteiger partial charge on any atom is -0.310 e. The van der Waals surface area contributed by atoms with E-state index in [1.54, 1.807) is 6.07 Å². The van der Waals surface area contributed by atoms with Gasteiger partial charge in [0.2, 0.25) is 0 Å². The van der Waals surface area contributed by atoms with Crippen molar-refractivity contribution in [1.82, 2.24) is 5.32 Å². The summed E-state index contributed by atoms with van der Waals surface area (Å²) in [5, 5.41) is 3.49. The Balaban J connectivity index is 2.55. The molecule has 0 amide bonds. The van der Waals surface area contributed by atoms with Gasteiger partial charge in [0.15, 0.2) is 0 Å². The molecule has 1 atom stereocenters. The molecule has 1 nitrogen and oxygen atoms in total. The van der Waals surface area contributed by atoms with E-state index in [2.05, 4.69) is 19.2 Å². The van der Waals surface area contributed by atoms with Gasteiger partial charge in [-0.2, -0.15) is 0 Å². The molecule has 0 fully saturated rings. The van der Waals surface area contributed by atoms with Crippen molar-refractivity contribution in [3.8, 4) is 0 Å². The van der Waals surface area contributed by atoms with E-state index in [4.69, 9.17) is 0 Å². The van der Waals surface area contributed by atoms with Crippen molar-refractivity contribution < 1.29 is 4.39 Å². The predicted molar refractivity (Wildman–Crippen MR) is 67.0 cm³/mol. The molecule has 90 valence electrons. The minimum atomic E-state index is -0.147. The third-order valence-corrected chi connectivity index (χ3v) is 3.02. The largest absolute Gasteiger partial charge is 0.310 e. The van der Waals surface area contributed by atoms with Gasteiger partial charge in [-0.25, -0.2) is 4.39 Å². The fourth-order valence-corrected chi connectivity index (χ4v) is 1.88. The summed E-state index contributed by atoms with van der Waals surface area (Å²) in [6, 6.07) is 5.53. The van der Waals surface area contributed by atoms with Gasteiger partial charge in [-0.3, -0.25) is 0 Å². The second-order valence-corrected chi connectivity index (χ2v) is 4.35. The molecular formula is C14H22FN. The highest BCUT2D eigenvalue weighted by Crippen LogP contribution is 2.11. The smallest absolute Gasteiger partial charge is 0.123 e. The molecule has 0 heterocycles. The van der Waals surface area contributed by atoms with Crippen molar-refractivity contribution in [2.45, 2.75) is 52.6 Å². The molecule has 1 aromatic rings. The Morgan fingerprint density at radius 2 is 2.06 bits per heavy atom. The van der Waals surface area contributed by atoms with Crippen LogP contribution in [0.1, 0.15) is 44.2 Å². The maximum atomic E-state index is 13.1. The van der Waals surface area contributed by atoms with E-state index in [1.165, 1.54) is 18.9 Å². The summed E-state index contributed by atoms with van der Waals surface area (Å²) in [4.78, 5) is 0. The lowest BCUT2D eigenvalue weighted by molar-refractivity contribution is 0.461. The molecule has 1 rings (SSSR count). The number of hydrogen-bond acceptors (Lipinski definition) is 1. The predicted octanol–water partition coefficient (Wildman–Crippen LogP) is 3.80. The maximum absolute atomic E-state index is 13.1. The molecule has 0 saturated heterocycles. The van der Waals surface area contributed by atoms with Crippen molar-refractivity contribution in [2.75, 3.05) is 0 Å². The zero-order chi connectivity index (χ0) is 12.0. The van der Waals surface area contributed by atoms with Crippen LogP contribution in [-0.2, 0) is 6.54 Å². The molecule has 0 spiro atoms. The fourth-order valence-electron chi connectivity index (χ4n) is 1.88. The average Bonchev–Trinajstić information content (AvgIpc) is 2.28. The Labute approximate surface area is 98.1 Å². The topological polar surface area (TPSA) is 12.0 Å². The number of hydrogen-bond donors (Lipinski definition) is 1. The molecule has 0 bridgehead atoms. The zero-order valence-corrected chi connectivity index (χ0v) is 10.5. The first-order valence-electron chi connectivity index (χ1n) is 6.15. The molecule has 0 radical (unpaired) electrons. The van der Waals surface area contributed by atoms with Gasteiger partial charge in [0.05, 0.1) is 0 Å². The van der Waals surface area contributed by atoms with Gasteiger partial charge in [-0.15, -0.1) is 0 Å². The summed E-state index contributed by atoms with van der Waals surface area (Å²) in [7, 11) is 0. The van der Waals surface area contributed by atoms with E-state index in [-0.39, 0.29) is 5.82 Å². The monoisotopic (exact) mass is 223 g/mol. The summed E-state index contributed by atoms with van der Waals surface area (Å²) in [5.74, 6) is -0.147. The number of benzene rings is 1. The average molecular weight is 223 g/mol. The first kappa shape index (κ1) is 13.2. The van der Waals surface area contributed by atoms with Crippen molar-refractivity contribution in [3.63, 3.8) is 0 Å². The van der Waals surface area contributed by atoms with E-state index in [0.717, 1.165) is 24.1 Å². The molecule has 0 aliphatic carbocycles. The van der Waals surface area contributed by atoms with Crippen molar-refractivity contribution in [1.29, 1.82) is 0 Å². The minimum absolute atomic E-state index is 0.147. The first-order valence-corrected chi connectivity index (χ1v) is 6.15. The van der Waals surface area contributed by atoms with E-state index in [0.29, 0.717) is 6.04 Å². The molecule has 0 aliphatic rings. The lowest BCUT2D eigenvalue weighted by Crippen LogP contribution is -2.28. The molecule has 16 heavy (non-hydrogen) atoms. The molecule has 0 saturated carbocycles.